The van der Waals surface area contributed by atoms with Gasteiger partial charge in [0.05, 0.1) is 69.2 Å². The van der Waals surface area contributed by atoms with Gasteiger partial charge in [-0.2, -0.15) is 0 Å². The summed E-state index contributed by atoms with van der Waals surface area (Å²) in [6.07, 6.45) is 5.75. The first-order valence-corrected chi connectivity index (χ1v) is 23.7. The van der Waals surface area contributed by atoms with E-state index in [0.29, 0.717) is 13.2 Å². The molecule has 3 aromatic heterocycles. The van der Waals surface area contributed by atoms with E-state index in [-0.39, 0.29) is 37.6 Å². The third kappa shape index (κ3) is 10.1. The molecule has 286 valence electrons. The SMILES string of the molecule is [B]B([B])B([B])B(B([B])[B])B1CC1COc1cccc(-c2c3nc(c(Br)c4ccc([nH]4)c(-c4cccc(OCC5CB5B(B([B])[B])B([B])B([B])[B])c4)c4nc(c(Br)c5ccc2[nH]5)C=C4)C=C3)c1. The summed E-state index contributed by atoms with van der Waals surface area (Å²) in [5, 5.41) is 0. The predicted octanol–water partition coefficient (Wildman–Crippen LogP) is 3.27. The van der Waals surface area contributed by atoms with Crippen LogP contribution in [0.5, 0.6) is 11.5 Å². The van der Waals surface area contributed by atoms with Crippen molar-refractivity contribution in [1.29, 1.82) is 0 Å². The average Bonchev–Trinajstić information content (AvgIpc) is 3.77. The van der Waals surface area contributed by atoms with Gasteiger partial charge in [-0.1, -0.05) is 36.9 Å². The fourth-order valence-electron chi connectivity index (χ4n) is 9.67. The largest absolute Gasteiger partial charge is 0.494 e. The second kappa shape index (κ2) is 20.1. The van der Waals surface area contributed by atoms with Crippen molar-refractivity contribution < 1.29 is 9.47 Å². The van der Waals surface area contributed by atoms with Crippen LogP contribution in [0.2, 0.25) is 24.3 Å². The van der Waals surface area contributed by atoms with E-state index in [9.17, 15) is 0 Å². The van der Waals surface area contributed by atoms with Gasteiger partial charge in [0, 0.05) is 151 Å². The molecule has 5 aromatic rings. The van der Waals surface area contributed by atoms with Crippen molar-refractivity contribution in [2.24, 2.45) is 0 Å². The molecule has 20 radical (unpaired) electrons. The quantitative estimate of drug-likeness (QED) is 0.146. The predicted molar refractivity (Wildman–Crippen MR) is 308 cm³/mol. The number of H-pyrrole nitrogens is 2. The van der Waals surface area contributed by atoms with Gasteiger partial charge in [0.15, 0.2) is 0 Å². The third-order valence-electron chi connectivity index (χ3n) is 13.4. The highest BCUT2D eigenvalue weighted by Gasteiger charge is 2.51. The number of aromatic amines is 2. The molecule has 28 heteroatoms. The minimum atomic E-state index is -0.710. The molecule has 0 spiro atoms. The maximum Gasteiger partial charge on any atom is 0.119 e. The molecule has 9 rings (SSSR count). The molecule has 0 amide bonds. The summed E-state index contributed by atoms with van der Waals surface area (Å²) in [7, 11) is 60.9. The zero-order valence-electron chi connectivity index (χ0n) is 36.2. The molecule has 2 unspecified atom stereocenters. The van der Waals surface area contributed by atoms with Crippen molar-refractivity contribution in [3.63, 3.8) is 0 Å². The van der Waals surface area contributed by atoms with E-state index < -0.39 is 38.3 Å². The number of benzene rings is 2. The van der Waals surface area contributed by atoms with Gasteiger partial charge in [-0.05, 0) is 127 Å². The monoisotopic (exact) mass is 950 g/mol. The molecule has 2 N–H and O–H groups in total. The van der Waals surface area contributed by atoms with Crippen LogP contribution >= 0.6 is 31.9 Å². The molecule has 2 aromatic carbocycles. The van der Waals surface area contributed by atoms with Crippen molar-refractivity contribution in [2.45, 2.75) is 24.3 Å². The summed E-state index contributed by atoms with van der Waals surface area (Å²) in [6.45, 7) is 1.32. The number of aromatic nitrogens is 4. The van der Waals surface area contributed by atoms with Crippen molar-refractivity contribution in [1.82, 2.24) is 19.9 Å². The van der Waals surface area contributed by atoms with E-state index in [1.807, 2.05) is 72.8 Å². The molecule has 4 aliphatic rings. The number of halogens is 2. The Hall–Kier alpha value is -3.10. The van der Waals surface area contributed by atoms with Crippen molar-refractivity contribution >= 4 is 220 Å². The van der Waals surface area contributed by atoms with Crippen LogP contribution in [0, 0.1) is 0 Å². The number of fused-ring (bicyclic) bond motifs is 8. The van der Waals surface area contributed by atoms with Gasteiger partial charge in [-0.3, -0.25) is 0 Å². The fourth-order valence-corrected chi connectivity index (χ4v) is 10.6. The first-order valence-electron chi connectivity index (χ1n) is 22.2. The Balaban J connectivity index is 1.05. The number of hydrogen-bond acceptors (Lipinski definition) is 4. The molecule has 0 aliphatic carbocycles. The molecule has 4 aliphatic heterocycles. The van der Waals surface area contributed by atoms with E-state index in [2.05, 4.69) is 66.1 Å². The Morgan fingerprint density at radius 3 is 1.27 bits per heavy atom. The van der Waals surface area contributed by atoms with Crippen molar-refractivity contribution in [2.75, 3.05) is 13.2 Å². The second-order valence-corrected chi connectivity index (χ2v) is 19.6. The summed E-state index contributed by atoms with van der Waals surface area (Å²) >= 11 is 7.80. The van der Waals surface area contributed by atoms with Crippen molar-refractivity contribution in [3.8, 4) is 33.8 Å². The molecule has 6 nitrogen and oxygen atoms in total. The highest BCUT2D eigenvalue weighted by atomic mass is 79.9. The Bertz CT molecular complexity index is 2680. The van der Waals surface area contributed by atoms with Gasteiger partial charge < -0.3 is 19.4 Å². The van der Waals surface area contributed by atoms with Crippen LogP contribution < -0.4 is 9.47 Å². The lowest BCUT2D eigenvalue weighted by Crippen LogP contribution is -2.63. The second-order valence-electron chi connectivity index (χ2n) is 18.0. The van der Waals surface area contributed by atoms with Crippen molar-refractivity contribution in [3.05, 3.63) is 105 Å². The van der Waals surface area contributed by atoms with Crippen LogP contribution in [0.4, 0.5) is 0 Å². The van der Waals surface area contributed by atoms with Crippen LogP contribution in [0.15, 0.2) is 81.7 Å². The highest BCUT2D eigenvalue weighted by Crippen LogP contribution is 2.42. The Kier molecular flexibility index (Phi) is 14.6. The molecule has 2 fully saturated rings. The molecule has 2 saturated heterocycles. The van der Waals surface area contributed by atoms with Gasteiger partial charge in [0.1, 0.15) is 11.5 Å². The number of nitrogens with one attached hydrogen (secondary N) is 2. The van der Waals surface area contributed by atoms with Crippen LogP contribution in [0.1, 0.15) is 22.8 Å². The highest BCUT2D eigenvalue weighted by molar-refractivity contribution is 9.11. The van der Waals surface area contributed by atoms with Gasteiger partial charge >= 0.3 is 0 Å². The molecular formula is C38H28B20Br2N4O2. The topological polar surface area (TPSA) is 75.8 Å². The molecule has 66 heavy (non-hydrogen) atoms. The Morgan fingerprint density at radius 1 is 0.515 bits per heavy atom. The standard InChI is InChI=1S/C38H28B20Br2N4O2/c39-51(40)55(47)57(53(43)44)49-17-23(49)19-65-25-5-1-3-21(15-25)35-27-7-11-31(61-27)37(59)33-13-9-29(63-33)36(30-10-14-34(64-30)38(60)32-12-8-28(35)62-32)22-4-2-6-26(16-22)66-20-24-18-50(24)58(54(45)46)56(48)52(41)42/h1-16,23-24,61,64H,17-20H2. The van der Waals surface area contributed by atoms with E-state index in [4.69, 9.17) is 96.8 Å². The van der Waals surface area contributed by atoms with Crippen LogP contribution in [0.25, 0.3) is 68.6 Å². The summed E-state index contributed by atoms with van der Waals surface area (Å²) in [4.78, 5) is 17.7. The van der Waals surface area contributed by atoms with Crippen LogP contribution in [-0.2, 0) is 0 Å². The zero-order chi connectivity index (χ0) is 46.6. The Labute approximate surface area is 421 Å². The molecule has 0 saturated carbocycles. The number of rotatable bonds is 16. The summed E-state index contributed by atoms with van der Waals surface area (Å²) in [5.41, 5.74) is 10.1. The van der Waals surface area contributed by atoms with E-state index in [1.165, 1.54) is 0 Å². The molecule has 7 heterocycles. The molecule has 2 atom stereocenters. The fraction of sp³-hybridized carbons (Fsp3) is 0.158. The molecular weight excluding hydrogens is 920 g/mol. The lowest BCUT2D eigenvalue weighted by atomic mass is 8.57. The third-order valence-corrected chi connectivity index (χ3v) is 15.1. The average molecular weight is 949 g/mol. The Morgan fingerprint density at radius 2 is 0.894 bits per heavy atom. The van der Waals surface area contributed by atoms with Crippen LogP contribution in [0.3, 0.4) is 0 Å². The van der Waals surface area contributed by atoms with E-state index in [0.717, 1.165) is 100 Å². The number of nitrogens with zero attached hydrogens (tertiary/aromatic N) is 2. The first-order chi connectivity index (χ1) is 31.7. The van der Waals surface area contributed by atoms with Gasteiger partial charge in [0.25, 0.3) is 0 Å². The van der Waals surface area contributed by atoms with E-state index in [1.54, 1.807) is 0 Å². The zero-order valence-corrected chi connectivity index (χ0v) is 39.4. The minimum absolute atomic E-state index is 0.180. The molecule has 8 bridgehead atoms. The normalized spacial score (nSPS) is 15.5. The maximum absolute atomic E-state index is 6.41. The lowest BCUT2D eigenvalue weighted by Gasteiger charge is -2.25. The van der Waals surface area contributed by atoms with Crippen LogP contribution in [-0.4, -0.2) is 175 Å². The number of hydrogen-bond donors (Lipinski definition) is 2. The minimum Gasteiger partial charge on any atom is -0.494 e. The summed E-state index contributed by atoms with van der Waals surface area (Å²) in [6, 6.07) is 24.3. The van der Waals surface area contributed by atoms with Gasteiger partial charge in [-0.25, -0.2) is 9.97 Å². The van der Waals surface area contributed by atoms with Gasteiger partial charge in [-0.15, -0.1) is 0 Å². The van der Waals surface area contributed by atoms with Gasteiger partial charge in [0.2, 0.25) is 0 Å². The lowest BCUT2D eigenvalue weighted by molar-refractivity contribution is 0.326. The smallest absolute Gasteiger partial charge is 0.119 e. The summed E-state index contributed by atoms with van der Waals surface area (Å²) in [5.74, 6) is 1.91. The number of ether oxygens (including phenoxy) is 2. The maximum atomic E-state index is 6.41. The summed E-state index contributed by atoms with van der Waals surface area (Å²) < 4.78 is 14.4. The first kappa shape index (κ1) is 47.9. The van der Waals surface area contributed by atoms with E-state index >= 15 is 0 Å².